The largest absolute Gasteiger partial charge is 0.710 e. The molecule has 0 atom stereocenters. The van der Waals surface area contributed by atoms with Crippen LogP contribution in [0.5, 0.6) is 5.75 Å². The Morgan fingerprint density at radius 3 is 2.11 bits per heavy atom. The van der Waals surface area contributed by atoms with Crippen LogP contribution in [0, 0.1) is 13.8 Å². The number of hydrogen-bond donors (Lipinski definition) is 2. The van der Waals surface area contributed by atoms with Gasteiger partial charge in [0.25, 0.3) is 0 Å². The Labute approximate surface area is 114 Å². The van der Waals surface area contributed by atoms with Crippen molar-refractivity contribution in [3.8, 4) is 5.75 Å². The first-order valence-corrected chi connectivity index (χ1v) is 6.21. The van der Waals surface area contributed by atoms with Crippen LogP contribution in [0.3, 0.4) is 0 Å². The molecule has 2 N–H and O–H groups in total. The Hall–Kier alpha value is -1.05. The van der Waals surface area contributed by atoms with Gasteiger partial charge in [0.05, 0.1) is 22.6 Å². The van der Waals surface area contributed by atoms with Gasteiger partial charge >= 0.3 is 7.32 Å². The third-order valence-electron chi connectivity index (χ3n) is 3.53. The van der Waals surface area contributed by atoms with E-state index in [1.807, 2.05) is 6.92 Å². The molecule has 1 aromatic rings. The molecule has 1 rings (SSSR count). The zero-order chi connectivity index (χ0) is 15.0. The second-order valence-electron chi connectivity index (χ2n) is 5.74. The number of aromatic nitrogens is 2. The van der Waals surface area contributed by atoms with Crippen LogP contribution in [0.2, 0.25) is 0 Å². The highest BCUT2D eigenvalue weighted by molar-refractivity contribution is 6.35. The first-order valence-electron chi connectivity index (χ1n) is 6.21. The lowest BCUT2D eigenvalue weighted by Gasteiger charge is -2.37. The highest BCUT2D eigenvalue weighted by Crippen LogP contribution is 2.27. The van der Waals surface area contributed by atoms with Crippen molar-refractivity contribution in [1.29, 1.82) is 0 Å². The molecular weight excluding hydrogens is 247 g/mol. The van der Waals surface area contributed by atoms with E-state index in [9.17, 15) is 10.1 Å². The van der Waals surface area contributed by atoms with Gasteiger partial charge in [-0.15, -0.1) is 0 Å². The van der Waals surface area contributed by atoms with Crippen LogP contribution in [0.15, 0.2) is 0 Å². The number of aryl methyl sites for hydroxylation is 2. The highest BCUT2D eigenvalue weighted by Gasteiger charge is 2.41. The summed E-state index contributed by atoms with van der Waals surface area (Å²) in [4.78, 5) is 0. The molecule has 108 valence electrons. The minimum absolute atomic E-state index is 0.488. The van der Waals surface area contributed by atoms with E-state index in [0.29, 0.717) is 11.4 Å². The first-order chi connectivity index (χ1) is 8.45. The lowest BCUT2D eigenvalue weighted by Crippen LogP contribution is -2.51. The van der Waals surface area contributed by atoms with Gasteiger partial charge in [-0.1, -0.05) is 0 Å². The van der Waals surface area contributed by atoms with Gasteiger partial charge in [0, 0.05) is 7.05 Å². The molecule has 0 spiro atoms. The number of rotatable bonds is 5. The van der Waals surface area contributed by atoms with Crippen LogP contribution in [0.4, 0.5) is 0 Å². The van der Waals surface area contributed by atoms with Gasteiger partial charge in [-0.3, -0.25) is 4.68 Å². The SMILES string of the molecule is Cc1nn(C)c(C)c1OB(O)OC(C)(C)C(C)(C)O. The fourth-order valence-corrected chi connectivity index (χ4v) is 1.45. The Morgan fingerprint density at radius 1 is 1.21 bits per heavy atom. The van der Waals surface area contributed by atoms with Gasteiger partial charge in [0.2, 0.25) is 0 Å². The van der Waals surface area contributed by atoms with Crippen LogP contribution in [0.1, 0.15) is 39.1 Å². The van der Waals surface area contributed by atoms with E-state index in [1.165, 1.54) is 0 Å². The summed E-state index contributed by atoms with van der Waals surface area (Å²) >= 11 is 0. The molecule has 0 unspecified atom stereocenters. The molecule has 1 aromatic heterocycles. The molecule has 0 saturated heterocycles. The normalized spacial score (nSPS) is 12.7. The van der Waals surface area contributed by atoms with Crippen molar-refractivity contribution < 1.29 is 19.4 Å². The lowest BCUT2D eigenvalue weighted by atomic mass is 9.88. The van der Waals surface area contributed by atoms with Crippen molar-refractivity contribution in [1.82, 2.24) is 9.78 Å². The van der Waals surface area contributed by atoms with Gasteiger partial charge in [0.1, 0.15) is 5.75 Å². The standard InChI is InChI=1S/C12H23BN2O4/c1-8-10(9(2)15(7)14-8)18-13(17)19-12(5,6)11(3,4)16/h16-17H,1-7H3. The van der Waals surface area contributed by atoms with E-state index in [2.05, 4.69) is 5.10 Å². The zero-order valence-corrected chi connectivity index (χ0v) is 12.7. The monoisotopic (exact) mass is 270 g/mol. The summed E-state index contributed by atoms with van der Waals surface area (Å²) in [5, 5.41) is 24.0. The molecule has 0 radical (unpaired) electrons. The van der Waals surface area contributed by atoms with Gasteiger partial charge in [-0.2, -0.15) is 5.10 Å². The lowest BCUT2D eigenvalue weighted by molar-refractivity contribution is -0.108. The van der Waals surface area contributed by atoms with Crippen molar-refractivity contribution >= 4 is 7.32 Å². The van der Waals surface area contributed by atoms with Gasteiger partial charge in [-0.05, 0) is 41.5 Å². The van der Waals surface area contributed by atoms with E-state index in [-0.39, 0.29) is 0 Å². The van der Waals surface area contributed by atoms with Gasteiger partial charge < -0.3 is 19.4 Å². The summed E-state index contributed by atoms with van der Waals surface area (Å²) in [6.45, 7) is 10.2. The van der Waals surface area contributed by atoms with Crippen molar-refractivity contribution in [3.63, 3.8) is 0 Å². The van der Waals surface area contributed by atoms with Gasteiger partial charge in [-0.25, -0.2) is 0 Å². The molecule has 0 aliphatic carbocycles. The van der Waals surface area contributed by atoms with Gasteiger partial charge in [0.15, 0.2) is 0 Å². The Bertz CT molecular complexity index is 451. The topological polar surface area (TPSA) is 76.7 Å². The van der Waals surface area contributed by atoms with Crippen molar-refractivity contribution in [2.45, 2.75) is 52.7 Å². The molecular formula is C12H23BN2O4. The Kier molecular flexibility index (Phi) is 4.34. The maximum absolute atomic E-state index is 9.97. The van der Waals surface area contributed by atoms with E-state index in [1.54, 1.807) is 46.3 Å². The highest BCUT2D eigenvalue weighted by atomic mass is 16.7. The minimum Gasteiger partial charge on any atom is -0.509 e. The molecule has 19 heavy (non-hydrogen) atoms. The molecule has 0 aliphatic heterocycles. The van der Waals surface area contributed by atoms with Crippen molar-refractivity contribution in [2.24, 2.45) is 7.05 Å². The van der Waals surface area contributed by atoms with Crippen molar-refractivity contribution in [2.75, 3.05) is 0 Å². The average molecular weight is 270 g/mol. The molecule has 6 nitrogen and oxygen atoms in total. The number of aliphatic hydroxyl groups is 1. The molecule has 0 aliphatic rings. The van der Waals surface area contributed by atoms with Crippen LogP contribution >= 0.6 is 0 Å². The van der Waals surface area contributed by atoms with Crippen molar-refractivity contribution in [3.05, 3.63) is 11.4 Å². The summed E-state index contributed by atoms with van der Waals surface area (Å²) in [5.74, 6) is 0.488. The van der Waals surface area contributed by atoms with Crippen LogP contribution < -0.4 is 4.65 Å². The Balaban J connectivity index is 2.79. The molecule has 1 heterocycles. The second-order valence-corrected chi connectivity index (χ2v) is 5.74. The number of nitrogens with zero attached hydrogens (tertiary/aromatic N) is 2. The summed E-state index contributed by atoms with van der Waals surface area (Å²) in [7, 11) is 0.325. The summed E-state index contributed by atoms with van der Waals surface area (Å²) < 4.78 is 12.4. The van der Waals surface area contributed by atoms with Crippen LogP contribution in [0.25, 0.3) is 0 Å². The molecule has 7 heteroatoms. The molecule has 0 amide bonds. The maximum atomic E-state index is 9.97. The van der Waals surface area contributed by atoms with E-state index in [4.69, 9.17) is 9.31 Å². The van der Waals surface area contributed by atoms with Crippen LogP contribution in [-0.4, -0.2) is 38.4 Å². The van der Waals surface area contributed by atoms with Crippen LogP contribution in [-0.2, 0) is 11.7 Å². The smallest absolute Gasteiger partial charge is 0.509 e. The third kappa shape index (κ3) is 3.49. The predicted molar refractivity (Wildman–Crippen MR) is 72.7 cm³/mol. The van der Waals surface area contributed by atoms with E-state index >= 15 is 0 Å². The summed E-state index contributed by atoms with van der Waals surface area (Å²) in [5.41, 5.74) is -0.614. The summed E-state index contributed by atoms with van der Waals surface area (Å²) in [6.07, 6.45) is 0. The maximum Gasteiger partial charge on any atom is 0.710 e. The minimum atomic E-state index is -1.47. The summed E-state index contributed by atoms with van der Waals surface area (Å²) in [6, 6.07) is 0. The molecule has 0 aromatic carbocycles. The molecule has 0 fully saturated rings. The first kappa shape index (κ1) is 16.0. The quantitative estimate of drug-likeness (QED) is 0.779. The number of hydrogen-bond acceptors (Lipinski definition) is 5. The molecule has 0 saturated carbocycles. The van der Waals surface area contributed by atoms with E-state index in [0.717, 1.165) is 5.69 Å². The predicted octanol–water partition coefficient (Wildman–Crippen LogP) is 0.959. The van der Waals surface area contributed by atoms with E-state index < -0.39 is 18.5 Å². The molecule has 0 bridgehead atoms. The average Bonchev–Trinajstić information content (AvgIpc) is 2.42. The third-order valence-corrected chi connectivity index (χ3v) is 3.53. The zero-order valence-electron chi connectivity index (χ0n) is 12.7. The second kappa shape index (κ2) is 5.15. The fraction of sp³-hybridized carbons (Fsp3) is 0.750. The fourth-order valence-electron chi connectivity index (χ4n) is 1.45. The Morgan fingerprint density at radius 2 is 1.74 bits per heavy atom.